The Kier molecular flexibility index (Phi) is 4.92. The van der Waals surface area contributed by atoms with Gasteiger partial charge < -0.3 is 20.7 Å². The summed E-state index contributed by atoms with van der Waals surface area (Å²) in [6.07, 6.45) is 1.52. The lowest BCUT2D eigenvalue weighted by molar-refractivity contribution is -0.392. The number of aryl methyl sites for hydroxylation is 2. The van der Waals surface area contributed by atoms with Crippen LogP contribution in [0.2, 0.25) is 0 Å². The van der Waals surface area contributed by atoms with E-state index in [1.165, 1.54) is 24.0 Å². The van der Waals surface area contributed by atoms with Gasteiger partial charge in [-0.05, 0) is 18.8 Å². The summed E-state index contributed by atoms with van der Waals surface area (Å²) in [4.78, 5) is 34.3. The second kappa shape index (κ2) is 6.89. The fraction of sp³-hybridized carbons (Fsp3) is 0.385. The first kappa shape index (κ1) is 17.1. The van der Waals surface area contributed by atoms with Crippen LogP contribution in [0.15, 0.2) is 12.3 Å². The monoisotopic (exact) mass is 335 g/mol. The molecule has 0 aliphatic rings. The second-order valence-corrected chi connectivity index (χ2v) is 4.93. The standard InChI is InChI=1S/C13H17N7O4/c1-4-18-6-9(12(17-18)13(22)14-3)15-10(21)7-19-11(20(23)24)5-8(2)16-19/h5-6H,4,7H2,1-3H3,(H,14,22)(H,15,21). The van der Waals surface area contributed by atoms with E-state index in [1.807, 2.05) is 6.92 Å². The summed E-state index contributed by atoms with van der Waals surface area (Å²) in [5.74, 6) is -1.28. The van der Waals surface area contributed by atoms with Crippen molar-refractivity contribution in [3.8, 4) is 0 Å². The number of nitrogens with one attached hydrogen (secondary N) is 2. The number of nitrogens with zero attached hydrogens (tertiary/aromatic N) is 5. The summed E-state index contributed by atoms with van der Waals surface area (Å²) in [5, 5.41) is 23.9. The van der Waals surface area contributed by atoms with Crippen LogP contribution < -0.4 is 10.6 Å². The van der Waals surface area contributed by atoms with Gasteiger partial charge >= 0.3 is 5.82 Å². The van der Waals surface area contributed by atoms with Gasteiger partial charge in [0.2, 0.25) is 0 Å². The Morgan fingerprint density at radius 3 is 2.67 bits per heavy atom. The Hall–Kier alpha value is -3.24. The van der Waals surface area contributed by atoms with Crippen LogP contribution in [0.5, 0.6) is 0 Å². The zero-order valence-corrected chi connectivity index (χ0v) is 13.4. The van der Waals surface area contributed by atoms with Crippen LogP contribution in [0.4, 0.5) is 11.5 Å². The minimum atomic E-state index is -0.613. The SMILES string of the molecule is CCn1cc(NC(=O)Cn2nc(C)cc2[N+](=O)[O-])c(C(=O)NC)n1. The number of hydrogen-bond acceptors (Lipinski definition) is 6. The Balaban J connectivity index is 2.20. The predicted octanol–water partition coefficient (Wildman–Crippen LogP) is 0.314. The van der Waals surface area contributed by atoms with Gasteiger partial charge in [0, 0.05) is 19.8 Å². The van der Waals surface area contributed by atoms with Gasteiger partial charge in [0.25, 0.3) is 11.8 Å². The fourth-order valence-corrected chi connectivity index (χ4v) is 2.08. The molecule has 0 saturated heterocycles. The number of anilines is 1. The van der Waals surface area contributed by atoms with E-state index >= 15 is 0 Å². The molecular formula is C13H17N7O4. The molecule has 0 fully saturated rings. The number of nitro groups is 1. The average molecular weight is 335 g/mol. The van der Waals surface area contributed by atoms with E-state index < -0.39 is 16.7 Å². The molecule has 2 heterocycles. The molecule has 2 rings (SSSR count). The molecule has 0 saturated carbocycles. The van der Waals surface area contributed by atoms with Crippen molar-refractivity contribution in [3.63, 3.8) is 0 Å². The minimum Gasteiger partial charge on any atom is -0.358 e. The molecular weight excluding hydrogens is 318 g/mol. The molecule has 0 radical (unpaired) electrons. The van der Waals surface area contributed by atoms with Crippen molar-refractivity contribution in [1.82, 2.24) is 24.9 Å². The van der Waals surface area contributed by atoms with Gasteiger partial charge in [0.1, 0.15) is 0 Å². The lowest BCUT2D eigenvalue weighted by Crippen LogP contribution is -2.24. The van der Waals surface area contributed by atoms with Gasteiger partial charge in [0.05, 0.1) is 17.4 Å². The topological polar surface area (TPSA) is 137 Å². The van der Waals surface area contributed by atoms with E-state index in [1.54, 1.807) is 6.92 Å². The van der Waals surface area contributed by atoms with Gasteiger partial charge in [0.15, 0.2) is 12.2 Å². The maximum atomic E-state index is 12.2. The second-order valence-electron chi connectivity index (χ2n) is 4.93. The highest BCUT2D eigenvalue weighted by Crippen LogP contribution is 2.16. The van der Waals surface area contributed by atoms with Gasteiger partial charge in [-0.2, -0.15) is 5.10 Å². The van der Waals surface area contributed by atoms with E-state index in [9.17, 15) is 19.7 Å². The predicted molar refractivity (Wildman–Crippen MR) is 83.5 cm³/mol. The summed E-state index contributed by atoms with van der Waals surface area (Å²) < 4.78 is 2.50. The van der Waals surface area contributed by atoms with Gasteiger partial charge in [-0.1, -0.05) is 5.10 Å². The number of carbonyl (C=O) groups excluding carboxylic acids is 2. The van der Waals surface area contributed by atoms with Crippen molar-refractivity contribution in [2.75, 3.05) is 12.4 Å². The fourth-order valence-electron chi connectivity index (χ4n) is 2.08. The molecule has 0 spiro atoms. The van der Waals surface area contributed by atoms with Crippen LogP contribution >= 0.6 is 0 Å². The molecule has 0 aliphatic heterocycles. The van der Waals surface area contributed by atoms with E-state index in [-0.39, 0.29) is 23.7 Å². The van der Waals surface area contributed by atoms with Crippen molar-refractivity contribution in [3.05, 3.63) is 33.8 Å². The molecule has 0 unspecified atom stereocenters. The number of hydrogen-bond donors (Lipinski definition) is 2. The van der Waals surface area contributed by atoms with Crippen LogP contribution in [-0.4, -0.2) is 43.3 Å². The zero-order valence-electron chi connectivity index (χ0n) is 13.4. The van der Waals surface area contributed by atoms with E-state index in [0.717, 1.165) is 4.68 Å². The lowest BCUT2D eigenvalue weighted by atomic mass is 10.3. The lowest BCUT2D eigenvalue weighted by Gasteiger charge is -2.03. The first-order valence-corrected chi connectivity index (χ1v) is 7.14. The number of rotatable bonds is 6. The molecule has 0 atom stereocenters. The van der Waals surface area contributed by atoms with Crippen molar-refractivity contribution < 1.29 is 14.5 Å². The molecule has 0 aliphatic carbocycles. The molecule has 2 N–H and O–H groups in total. The molecule has 2 aromatic rings. The average Bonchev–Trinajstić information content (AvgIpc) is 3.09. The minimum absolute atomic E-state index is 0.0684. The van der Waals surface area contributed by atoms with Crippen molar-refractivity contribution in [2.24, 2.45) is 0 Å². The smallest absolute Gasteiger partial charge is 0.345 e. The Bertz CT molecular complexity index is 792. The first-order chi connectivity index (χ1) is 11.3. The largest absolute Gasteiger partial charge is 0.358 e. The molecule has 2 amide bonds. The summed E-state index contributed by atoms with van der Waals surface area (Å²) in [7, 11) is 1.45. The van der Waals surface area contributed by atoms with Crippen LogP contribution in [-0.2, 0) is 17.9 Å². The summed E-state index contributed by atoms with van der Waals surface area (Å²) >= 11 is 0. The highest BCUT2D eigenvalue weighted by atomic mass is 16.6. The highest BCUT2D eigenvalue weighted by molar-refractivity contribution is 6.02. The maximum absolute atomic E-state index is 12.2. The summed E-state index contributed by atoms with van der Waals surface area (Å²) in [6.45, 7) is 3.59. The Labute approximate surface area is 136 Å². The van der Waals surface area contributed by atoms with Gasteiger partial charge in [-0.25, -0.2) is 0 Å². The zero-order chi connectivity index (χ0) is 17.9. The number of amides is 2. The number of aromatic nitrogens is 4. The molecule has 0 bridgehead atoms. The third-order valence-corrected chi connectivity index (χ3v) is 3.16. The van der Waals surface area contributed by atoms with E-state index in [2.05, 4.69) is 20.8 Å². The Morgan fingerprint density at radius 1 is 1.38 bits per heavy atom. The third kappa shape index (κ3) is 3.56. The molecule has 2 aromatic heterocycles. The maximum Gasteiger partial charge on any atom is 0.345 e. The molecule has 128 valence electrons. The van der Waals surface area contributed by atoms with Crippen LogP contribution in [0.1, 0.15) is 23.1 Å². The highest BCUT2D eigenvalue weighted by Gasteiger charge is 2.22. The van der Waals surface area contributed by atoms with Gasteiger partial charge in [-0.15, -0.1) is 4.68 Å². The van der Waals surface area contributed by atoms with Crippen molar-refractivity contribution >= 4 is 23.3 Å². The van der Waals surface area contributed by atoms with Crippen molar-refractivity contribution in [1.29, 1.82) is 0 Å². The number of carbonyl (C=O) groups is 2. The van der Waals surface area contributed by atoms with Crippen LogP contribution in [0.3, 0.4) is 0 Å². The summed E-state index contributed by atoms with van der Waals surface area (Å²) in [6, 6.07) is 1.28. The van der Waals surface area contributed by atoms with E-state index in [4.69, 9.17) is 0 Å². The molecule has 11 heteroatoms. The normalized spacial score (nSPS) is 10.5. The van der Waals surface area contributed by atoms with E-state index in [0.29, 0.717) is 12.2 Å². The van der Waals surface area contributed by atoms with Gasteiger partial charge in [-0.3, -0.25) is 14.3 Å². The summed E-state index contributed by atoms with van der Waals surface area (Å²) in [5.41, 5.74) is 0.728. The third-order valence-electron chi connectivity index (χ3n) is 3.16. The van der Waals surface area contributed by atoms with Crippen molar-refractivity contribution in [2.45, 2.75) is 26.9 Å². The quantitative estimate of drug-likeness (QED) is 0.576. The molecule has 11 nitrogen and oxygen atoms in total. The van der Waals surface area contributed by atoms with Crippen LogP contribution in [0.25, 0.3) is 0 Å². The molecule has 0 aromatic carbocycles. The van der Waals surface area contributed by atoms with Crippen LogP contribution in [0, 0.1) is 17.0 Å². The molecule has 24 heavy (non-hydrogen) atoms. The Morgan fingerprint density at radius 2 is 2.08 bits per heavy atom. The first-order valence-electron chi connectivity index (χ1n) is 7.14.